The van der Waals surface area contributed by atoms with Crippen molar-refractivity contribution in [2.45, 2.75) is 32.7 Å². The molecular weight excluding hydrogens is 252 g/mol. The largest absolute Gasteiger partial charge is 0.353 e. The highest BCUT2D eigenvalue weighted by atomic mass is 32.1. The summed E-state index contributed by atoms with van der Waals surface area (Å²) in [6.45, 7) is 4.90. The molecule has 1 saturated heterocycles. The van der Waals surface area contributed by atoms with Crippen LogP contribution in [0.4, 0.5) is 0 Å². The van der Waals surface area contributed by atoms with Crippen LogP contribution in [0.25, 0.3) is 0 Å². The molecular formula is C11H16N4O2S. The van der Waals surface area contributed by atoms with Crippen molar-refractivity contribution in [1.29, 1.82) is 0 Å². The Morgan fingerprint density at radius 2 is 2.33 bits per heavy atom. The van der Waals surface area contributed by atoms with E-state index in [1.54, 1.807) is 4.90 Å². The van der Waals surface area contributed by atoms with Crippen molar-refractivity contribution in [2.75, 3.05) is 13.1 Å². The first kappa shape index (κ1) is 12.9. The Labute approximate surface area is 110 Å². The Bertz CT molecular complexity index is 460. The van der Waals surface area contributed by atoms with Crippen molar-refractivity contribution in [1.82, 2.24) is 19.8 Å². The van der Waals surface area contributed by atoms with Gasteiger partial charge in [0.05, 0.1) is 5.69 Å². The van der Waals surface area contributed by atoms with Gasteiger partial charge in [-0.15, -0.1) is 5.10 Å². The zero-order chi connectivity index (χ0) is 13.1. The Kier molecular flexibility index (Phi) is 3.90. The van der Waals surface area contributed by atoms with Crippen LogP contribution < -0.4 is 5.32 Å². The molecule has 0 bridgehead atoms. The van der Waals surface area contributed by atoms with Crippen molar-refractivity contribution in [3.63, 3.8) is 0 Å². The summed E-state index contributed by atoms with van der Waals surface area (Å²) in [5, 5.41) is 6.72. The summed E-state index contributed by atoms with van der Waals surface area (Å²) in [4.78, 5) is 26.4. The lowest BCUT2D eigenvalue weighted by atomic mass is 10.1. The van der Waals surface area contributed by atoms with E-state index in [0.717, 1.165) is 11.5 Å². The summed E-state index contributed by atoms with van der Waals surface area (Å²) in [5.74, 6) is -0.198. The zero-order valence-electron chi connectivity index (χ0n) is 10.5. The van der Waals surface area contributed by atoms with Crippen molar-refractivity contribution in [3.05, 3.63) is 10.6 Å². The molecule has 1 N–H and O–H groups in total. The number of carbonyl (C=O) groups excluding carboxylic acids is 2. The molecule has 98 valence electrons. The van der Waals surface area contributed by atoms with E-state index in [4.69, 9.17) is 0 Å². The molecule has 0 radical (unpaired) electrons. The van der Waals surface area contributed by atoms with Gasteiger partial charge in [0.25, 0.3) is 5.91 Å². The van der Waals surface area contributed by atoms with Crippen LogP contribution in [0.1, 0.15) is 35.6 Å². The summed E-state index contributed by atoms with van der Waals surface area (Å²) in [5.41, 5.74) is 0.714. The lowest BCUT2D eigenvalue weighted by molar-refractivity contribution is -0.127. The van der Waals surface area contributed by atoms with Gasteiger partial charge in [0.1, 0.15) is 10.9 Å². The number of nitrogens with zero attached hydrogens (tertiary/aromatic N) is 3. The number of hydrogen-bond donors (Lipinski definition) is 1. The van der Waals surface area contributed by atoms with Crippen LogP contribution in [0.15, 0.2) is 0 Å². The SMILES string of the molecule is CCc1nnsc1C(=O)N1CCNC(=O)C1CC. The maximum atomic E-state index is 12.4. The summed E-state index contributed by atoms with van der Waals surface area (Å²) in [6.07, 6.45) is 1.29. The zero-order valence-corrected chi connectivity index (χ0v) is 11.3. The fourth-order valence-corrected chi connectivity index (χ4v) is 2.80. The molecule has 1 atom stereocenters. The second-order valence-electron chi connectivity index (χ2n) is 4.12. The van der Waals surface area contributed by atoms with Crippen molar-refractivity contribution >= 4 is 23.3 Å². The predicted octanol–water partition coefficient (Wildman–Crippen LogP) is 0.451. The minimum atomic E-state index is -0.377. The van der Waals surface area contributed by atoms with Gasteiger partial charge in [0.15, 0.2) is 0 Å². The third-order valence-electron chi connectivity index (χ3n) is 3.06. The number of aromatic nitrogens is 2. The minimum absolute atomic E-state index is 0.0763. The lowest BCUT2D eigenvalue weighted by Crippen LogP contribution is -2.56. The van der Waals surface area contributed by atoms with Gasteiger partial charge in [-0.25, -0.2) is 0 Å². The quantitative estimate of drug-likeness (QED) is 0.863. The molecule has 2 amide bonds. The molecule has 0 spiro atoms. The molecule has 18 heavy (non-hydrogen) atoms. The molecule has 1 aliphatic heterocycles. The standard InChI is InChI=1S/C11H16N4O2S/c1-3-7-9(18-14-13-7)11(17)15-6-5-12-10(16)8(15)4-2/h8H,3-6H2,1-2H3,(H,12,16). The van der Waals surface area contributed by atoms with Gasteiger partial charge in [0.2, 0.25) is 5.91 Å². The molecule has 0 aromatic carbocycles. The molecule has 7 heteroatoms. The van der Waals surface area contributed by atoms with Crippen molar-refractivity contribution in [2.24, 2.45) is 0 Å². The van der Waals surface area contributed by atoms with Crippen molar-refractivity contribution < 1.29 is 9.59 Å². The molecule has 1 unspecified atom stereocenters. The van der Waals surface area contributed by atoms with E-state index in [9.17, 15) is 9.59 Å². The van der Waals surface area contributed by atoms with E-state index in [1.807, 2.05) is 13.8 Å². The predicted molar refractivity (Wildman–Crippen MR) is 67.4 cm³/mol. The maximum absolute atomic E-state index is 12.4. The highest BCUT2D eigenvalue weighted by Gasteiger charge is 2.33. The Balaban J connectivity index is 2.24. The van der Waals surface area contributed by atoms with E-state index in [1.165, 1.54) is 0 Å². The van der Waals surface area contributed by atoms with E-state index in [0.29, 0.717) is 36.5 Å². The molecule has 2 rings (SSSR count). The number of rotatable bonds is 3. The molecule has 0 aliphatic carbocycles. The fourth-order valence-electron chi connectivity index (χ4n) is 2.10. The Morgan fingerprint density at radius 1 is 1.56 bits per heavy atom. The molecule has 1 aliphatic rings. The molecule has 6 nitrogen and oxygen atoms in total. The Morgan fingerprint density at radius 3 is 3.00 bits per heavy atom. The van der Waals surface area contributed by atoms with E-state index >= 15 is 0 Å². The highest BCUT2D eigenvalue weighted by molar-refractivity contribution is 7.08. The number of piperazine rings is 1. The topological polar surface area (TPSA) is 75.2 Å². The van der Waals surface area contributed by atoms with E-state index in [-0.39, 0.29) is 17.9 Å². The smallest absolute Gasteiger partial charge is 0.268 e. The average Bonchev–Trinajstić information content (AvgIpc) is 2.85. The summed E-state index contributed by atoms with van der Waals surface area (Å²) < 4.78 is 3.82. The number of aryl methyl sites for hydroxylation is 1. The van der Waals surface area contributed by atoms with Crippen LogP contribution in [-0.4, -0.2) is 45.4 Å². The van der Waals surface area contributed by atoms with E-state index < -0.39 is 0 Å². The van der Waals surface area contributed by atoms with Crippen LogP contribution in [0.5, 0.6) is 0 Å². The van der Waals surface area contributed by atoms with Gasteiger partial charge in [-0.2, -0.15) is 0 Å². The number of carbonyl (C=O) groups is 2. The Hall–Kier alpha value is -1.50. The maximum Gasteiger partial charge on any atom is 0.268 e. The monoisotopic (exact) mass is 268 g/mol. The van der Waals surface area contributed by atoms with Gasteiger partial charge in [-0.05, 0) is 24.4 Å². The molecule has 1 aromatic heterocycles. The third kappa shape index (κ3) is 2.22. The van der Waals surface area contributed by atoms with Gasteiger partial charge >= 0.3 is 0 Å². The summed E-state index contributed by atoms with van der Waals surface area (Å²) in [7, 11) is 0. The first-order chi connectivity index (χ1) is 8.69. The lowest BCUT2D eigenvalue weighted by Gasteiger charge is -2.34. The van der Waals surface area contributed by atoms with Crippen LogP contribution in [0.2, 0.25) is 0 Å². The highest BCUT2D eigenvalue weighted by Crippen LogP contribution is 2.18. The summed E-state index contributed by atoms with van der Waals surface area (Å²) >= 11 is 1.11. The fraction of sp³-hybridized carbons (Fsp3) is 0.636. The molecule has 2 heterocycles. The third-order valence-corrected chi connectivity index (χ3v) is 3.82. The summed E-state index contributed by atoms with van der Waals surface area (Å²) in [6, 6.07) is -0.377. The first-order valence-electron chi connectivity index (χ1n) is 6.08. The second kappa shape index (κ2) is 5.43. The molecule has 1 fully saturated rings. The number of nitrogens with one attached hydrogen (secondary N) is 1. The molecule has 1 aromatic rings. The van der Waals surface area contributed by atoms with Crippen molar-refractivity contribution in [3.8, 4) is 0 Å². The first-order valence-corrected chi connectivity index (χ1v) is 6.86. The average molecular weight is 268 g/mol. The van der Waals surface area contributed by atoms with E-state index in [2.05, 4.69) is 14.9 Å². The van der Waals surface area contributed by atoms with Crippen LogP contribution in [0, 0.1) is 0 Å². The minimum Gasteiger partial charge on any atom is -0.353 e. The van der Waals surface area contributed by atoms with Crippen LogP contribution >= 0.6 is 11.5 Å². The van der Waals surface area contributed by atoms with Crippen LogP contribution in [-0.2, 0) is 11.2 Å². The molecule has 0 saturated carbocycles. The van der Waals surface area contributed by atoms with Gasteiger partial charge in [-0.1, -0.05) is 18.3 Å². The van der Waals surface area contributed by atoms with Gasteiger partial charge < -0.3 is 10.2 Å². The number of hydrogen-bond acceptors (Lipinski definition) is 5. The normalized spacial score (nSPS) is 19.8. The van der Waals surface area contributed by atoms with Gasteiger partial charge in [0, 0.05) is 13.1 Å². The van der Waals surface area contributed by atoms with Crippen LogP contribution in [0.3, 0.4) is 0 Å². The van der Waals surface area contributed by atoms with Gasteiger partial charge in [-0.3, -0.25) is 9.59 Å². The number of amides is 2. The second-order valence-corrected chi connectivity index (χ2v) is 4.87.